The van der Waals surface area contributed by atoms with E-state index < -0.39 is 5.91 Å². The number of hydrogen-bond acceptors (Lipinski definition) is 4. The van der Waals surface area contributed by atoms with Gasteiger partial charge in [0, 0.05) is 35.6 Å². The van der Waals surface area contributed by atoms with Crippen LogP contribution in [0, 0.1) is 25.2 Å². The van der Waals surface area contributed by atoms with E-state index in [0.717, 1.165) is 28.0 Å². The van der Waals surface area contributed by atoms with Crippen molar-refractivity contribution in [3.8, 4) is 11.8 Å². The van der Waals surface area contributed by atoms with Crippen LogP contribution in [0.15, 0.2) is 42.0 Å². The van der Waals surface area contributed by atoms with E-state index in [-0.39, 0.29) is 11.1 Å². The fraction of sp³-hybridized carbons (Fsp3) is 0.308. The van der Waals surface area contributed by atoms with Gasteiger partial charge in [0.15, 0.2) is 0 Å². The number of nitriles is 1. The van der Waals surface area contributed by atoms with Crippen molar-refractivity contribution < 1.29 is 9.53 Å². The number of benzene rings is 2. The molecule has 1 N–H and O–H groups in total. The number of aryl methyl sites for hydroxylation is 2. The second-order valence-electron chi connectivity index (χ2n) is 8.65. The van der Waals surface area contributed by atoms with E-state index in [1.165, 1.54) is 0 Å². The maximum Gasteiger partial charge on any atom is 0.266 e. The predicted molar refractivity (Wildman–Crippen MR) is 127 cm³/mol. The molecule has 1 amide bonds. The number of amides is 1. The van der Waals surface area contributed by atoms with Gasteiger partial charge in [0.25, 0.3) is 5.91 Å². The van der Waals surface area contributed by atoms with Crippen molar-refractivity contribution in [2.24, 2.45) is 0 Å². The molecule has 0 aromatic heterocycles. The van der Waals surface area contributed by atoms with E-state index in [1.807, 2.05) is 50.2 Å². The molecule has 2 aromatic rings. The van der Waals surface area contributed by atoms with Gasteiger partial charge >= 0.3 is 0 Å². The molecule has 0 spiro atoms. The van der Waals surface area contributed by atoms with E-state index in [4.69, 9.17) is 4.74 Å². The van der Waals surface area contributed by atoms with Crippen molar-refractivity contribution >= 4 is 28.9 Å². The smallest absolute Gasteiger partial charge is 0.266 e. The van der Waals surface area contributed by atoms with Gasteiger partial charge in [0.2, 0.25) is 0 Å². The van der Waals surface area contributed by atoms with Crippen LogP contribution in [0.3, 0.4) is 0 Å². The standard InChI is InChI=1S/C26H29N3O2/c1-16-8-17(2)10-21(9-16)28-25(30)20(15-27)11-19-12-22-18(3)14-26(4,5)29(6)23(22)13-24(19)31-7/h8-14H,1-7H3,(H,28,30)/b20-11+. The third-order valence-electron chi connectivity index (χ3n) is 5.71. The molecule has 160 valence electrons. The Bertz CT molecular complexity index is 1130. The topological polar surface area (TPSA) is 65.4 Å². The van der Waals surface area contributed by atoms with Crippen LogP contribution in [-0.2, 0) is 4.79 Å². The second kappa shape index (κ2) is 8.31. The highest BCUT2D eigenvalue weighted by Gasteiger charge is 2.29. The van der Waals surface area contributed by atoms with Crippen LogP contribution in [0.1, 0.15) is 43.0 Å². The highest BCUT2D eigenvalue weighted by molar-refractivity contribution is 6.10. The molecule has 1 heterocycles. The van der Waals surface area contributed by atoms with Gasteiger partial charge in [-0.25, -0.2) is 0 Å². The molecule has 0 saturated carbocycles. The van der Waals surface area contributed by atoms with Gasteiger partial charge < -0.3 is 15.0 Å². The molecule has 0 fully saturated rings. The lowest BCUT2D eigenvalue weighted by molar-refractivity contribution is -0.112. The summed E-state index contributed by atoms with van der Waals surface area (Å²) in [6.07, 6.45) is 3.80. The summed E-state index contributed by atoms with van der Waals surface area (Å²) in [6, 6.07) is 11.8. The summed E-state index contributed by atoms with van der Waals surface area (Å²) < 4.78 is 5.61. The number of fused-ring (bicyclic) bond motifs is 1. The van der Waals surface area contributed by atoms with E-state index in [2.05, 4.69) is 44.1 Å². The lowest BCUT2D eigenvalue weighted by Gasteiger charge is -2.41. The van der Waals surface area contributed by atoms with Crippen LogP contribution in [0.4, 0.5) is 11.4 Å². The van der Waals surface area contributed by atoms with E-state index in [0.29, 0.717) is 17.0 Å². The van der Waals surface area contributed by atoms with Crippen LogP contribution in [0.2, 0.25) is 0 Å². The van der Waals surface area contributed by atoms with Gasteiger partial charge in [-0.1, -0.05) is 12.1 Å². The number of methoxy groups -OCH3 is 1. The number of rotatable bonds is 4. The molecule has 1 aliphatic heterocycles. The first-order valence-electron chi connectivity index (χ1n) is 10.2. The number of nitrogens with zero attached hydrogens (tertiary/aromatic N) is 2. The van der Waals surface area contributed by atoms with E-state index >= 15 is 0 Å². The van der Waals surface area contributed by atoms with Gasteiger partial charge in [-0.05, 0) is 75.6 Å². The fourth-order valence-electron chi connectivity index (χ4n) is 4.03. The Labute approximate surface area is 184 Å². The Hall–Kier alpha value is -3.52. The zero-order valence-corrected chi connectivity index (χ0v) is 19.3. The van der Waals surface area contributed by atoms with Crippen LogP contribution < -0.4 is 15.0 Å². The number of carbonyl (C=O) groups is 1. The summed E-state index contributed by atoms with van der Waals surface area (Å²) in [5.41, 5.74) is 6.60. The molecular weight excluding hydrogens is 386 g/mol. The minimum absolute atomic E-state index is 0.0172. The Kier molecular flexibility index (Phi) is 5.94. The minimum Gasteiger partial charge on any atom is -0.496 e. The van der Waals surface area contributed by atoms with E-state index in [9.17, 15) is 10.1 Å². The Morgan fingerprint density at radius 1 is 1.13 bits per heavy atom. The molecule has 3 rings (SSSR count). The van der Waals surface area contributed by atoms with E-state index in [1.54, 1.807) is 13.2 Å². The summed E-state index contributed by atoms with van der Waals surface area (Å²) in [5, 5.41) is 12.5. The predicted octanol–water partition coefficient (Wildman–Crippen LogP) is 5.49. The first-order valence-corrected chi connectivity index (χ1v) is 10.2. The molecule has 5 heteroatoms. The van der Waals surface area contributed by atoms with Crippen molar-refractivity contribution in [1.29, 1.82) is 5.26 Å². The summed E-state index contributed by atoms with van der Waals surface area (Å²) in [4.78, 5) is 15.0. The summed E-state index contributed by atoms with van der Waals surface area (Å²) >= 11 is 0. The van der Waals surface area contributed by atoms with Gasteiger partial charge in [0.1, 0.15) is 17.4 Å². The second-order valence-corrected chi connectivity index (χ2v) is 8.65. The maximum atomic E-state index is 12.8. The van der Waals surface area contributed by atoms with Gasteiger partial charge in [-0.15, -0.1) is 0 Å². The van der Waals surface area contributed by atoms with Crippen molar-refractivity contribution in [3.05, 3.63) is 64.2 Å². The zero-order chi connectivity index (χ0) is 22.9. The molecular formula is C26H29N3O2. The highest BCUT2D eigenvalue weighted by Crippen LogP contribution is 2.41. The average molecular weight is 416 g/mol. The summed E-state index contributed by atoms with van der Waals surface area (Å²) in [6.45, 7) is 10.3. The largest absolute Gasteiger partial charge is 0.496 e. The number of carbonyl (C=O) groups excluding carboxylic acids is 1. The molecule has 0 aliphatic carbocycles. The van der Waals surface area contributed by atoms with Crippen molar-refractivity contribution in [3.63, 3.8) is 0 Å². The molecule has 0 unspecified atom stereocenters. The number of anilines is 2. The lowest BCUT2D eigenvalue weighted by Crippen LogP contribution is -2.42. The van der Waals surface area contributed by atoms with Gasteiger partial charge in [0.05, 0.1) is 12.6 Å². The molecule has 0 saturated heterocycles. The van der Waals surface area contributed by atoms with Crippen molar-refractivity contribution in [2.45, 2.75) is 40.2 Å². The van der Waals surface area contributed by atoms with Crippen LogP contribution in [-0.4, -0.2) is 25.6 Å². The lowest BCUT2D eigenvalue weighted by atomic mass is 9.88. The SMILES string of the molecule is COc1cc2c(cc1/C=C(\C#N)C(=O)Nc1cc(C)cc(C)c1)C(C)=CC(C)(C)N2C. The first-order chi connectivity index (χ1) is 14.6. The third-order valence-corrected chi connectivity index (χ3v) is 5.71. The number of likely N-dealkylation sites (N-methyl/N-ethyl adjacent to an activating group) is 1. The first kappa shape index (κ1) is 22.2. The summed E-state index contributed by atoms with van der Waals surface area (Å²) in [5.74, 6) is 0.167. The Balaban J connectivity index is 2.02. The minimum atomic E-state index is -0.446. The monoisotopic (exact) mass is 415 g/mol. The van der Waals surface area contributed by atoms with Crippen LogP contribution in [0.25, 0.3) is 11.6 Å². The number of allylic oxidation sites excluding steroid dienone is 1. The van der Waals surface area contributed by atoms with Crippen LogP contribution in [0.5, 0.6) is 5.75 Å². The fourth-order valence-corrected chi connectivity index (χ4v) is 4.03. The van der Waals surface area contributed by atoms with Gasteiger partial charge in [-0.3, -0.25) is 4.79 Å². The van der Waals surface area contributed by atoms with Crippen molar-refractivity contribution in [2.75, 3.05) is 24.4 Å². The molecule has 1 aliphatic rings. The molecule has 0 radical (unpaired) electrons. The highest BCUT2D eigenvalue weighted by atomic mass is 16.5. The third kappa shape index (κ3) is 4.49. The molecule has 2 aromatic carbocycles. The Morgan fingerprint density at radius 2 is 1.77 bits per heavy atom. The molecule has 31 heavy (non-hydrogen) atoms. The molecule has 0 bridgehead atoms. The average Bonchev–Trinajstić information content (AvgIpc) is 2.68. The normalized spacial score (nSPS) is 15.0. The number of nitrogens with one attached hydrogen (secondary N) is 1. The number of hydrogen-bond donors (Lipinski definition) is 1. The molecule has 5 nitrogen and oxygen atoms in total. The number of ether oxygens (including phenoxy) is 1. The quantitative estimate of drug-likeness (QED) is 0.530. The zero-order valence-electron chi connectivity index (χ0n) is 19.3. The maximum absolute atomic E-state index is 12.8. The van der Waals surface area contributed by atoms with Crippen LogP contribution >= 0.6 is 0 Å². The van der Waals surface area contributed by atoms with Gasteiger partial charge in [-0.2, -0.15) is 5.26 Å². The summed E-state index contributed by atoms with van der Waals surface area (Å²) in [7, 11) is 3.64. The van der Waals surface area contributed by atoms with Crippen molar-refractivity contribution in [1.82, 2.24) is 0 Å². The molecule has 0 atom stereocenters. The Morgan fingerprint density at radius 3 is 2.35 bits per heavy atom.